The van der Waals surface area contributed by atoms with Crippen molar-refractivity contribution in [3.05, 3.63) is 84.9 Å². The van der Waals surface area contributed by atoms with Gasteiger partial charge in [0, 0.05) is 0 Å². The van der Waals surface area contributed by atoms with Gasteiger partial charge in [-0.15, -0.1) is 0 Å². The third-order valence-electron chi connectivity index (χ3n) is 3.08. The molecule has 0 aliphatic rings. The fourth-order valence-corrected chi connectivity index (χ4v) is 2.14. The Labute approximate surface area is 116 Å². The second-order valence-corrected chi connectivity index (χ2v) is 4.31. The molecule has 0 spiro atoms. The summed E-state index contributed by atoms with van der Waals surface area (Å²) in [4.78, 5) is 0. The van der Waals surface area contributed by atoms with Gasteiger partial charge in [0.1, 0.15) is 0 Å². The largest absolute Gasteiger partial charge is 0.0814 e. The van der Waals surface area contributed by atoms with Crippen molar-refractivity contribution in [1.29, 1.82) is 0 Å². The van der Waals surface area contributed by atoms with Crippen molar-refractivity contribution in [2.45, 2.75) is 0 Å². The lowest BCUT2D eigenvalue weighted by Crippen LogP contribution is -1.80. The summed E-state index contributed by atoms with van der Waals surface area (Å²) >= 11 is 0. The van der Waals surface area contributed by atoms with Crippen LogP contribution in [0, 0.1) is 0 Å². The van der Waals surface area contributed by atoms with Gasteiger partial charge in [-0.1, -0.05) is 78.9 Å². The van der Waals surface area contributed by atoms with E-state index in [2.05, 4.69) is 72.8 Å². The molecule has 0 nitrogen and oxygen atoms in total. The number of hydrogen-bond donors (Lipinski definition) is 0. The maximum atomic E-state index is 2.24. The van der Waals surface area contributed by atoms with Gasteiger partial charge in [0.25, 0.3) is 0 Å². The third kappa shape index (κ3) is 2.94. The van der Waals surface area contributed by atoms with Crippen molar-refractivity contribution in [2.24, 2.45) is 0 Å². The van der Waals surface area contributed by atoms with Gasteiger partial charge >= 0.3 is 0 Å². The minimum atomic E-state index is 0. The normalized spacial score (nSPS) is 9.68. The molecule has 19 heavy (non-hydrogen) atoms. The molecule has 0 aromatic heterocycles. The molecule has 92 valence electrons. The second kappa shape index (κ2) is 6.06. The van der Waals surface area contributed by atoms with Crippen molar-refractivity contribution >= 4 is 8.41 Å². The predicted molar refractivity (Wildman–Crippen MR) is 87.3 cm³/mol. The highest BCUT2D eigenvalue weighted by molar-refractivity contribution is 5.75. The number of benzene rings is 3. The third-order valence-corrected chi connectivity index (χ3v) is 3.08. The van der Waals surface area contributed by atoms with Crippen LogP contribution >= 0.6 is 0 Å². The van der Waals surface area contributed by atoms with Gasteiger partial charge in [-0.25, -0.2) is 0 Å². The van der Waals surface area contributed by atoms with Crippen LogP contribution in [-0.2, 0) is 0 Å². The topological polar surface area (TPSA) is 0 Å². The second-order valence-electron chi connectivity index (χ2n) is 4.31. The quantitative estimate of drug-likeness (QED) is 0.601. The summed E-state index contributed by atoms with van der Waals surface area (Å²) in [6.45, 7) is 0. The zero-order valence-corrected chi connectivity index (χ0v) is 10.1. The Morgan fingerprint density at radius 3 is 1.16 bits per heavy atom. The van der Waals surface area contributed by atoms with Gasteiger partial charge < -0.3 is 0 Å². The predicted octanol–water partition coefficient (Wildman–Crippen LogP) is 3.84. The van der Waals surface area contributed by atoms with Crippen LogP contribution < -0.4 is 0 Å². The first-order valence-corrected chi connectivity index (χ1v) is 6.14. The van der Waals surface area contributed by atoms with Gasteiger partial charge in [0.2, 0.25) is 0 Å². The Bertz CT molecular complexity index is 575. The molecule has 0 unspecified atom stereocenters. The first-order chi connectivity index (χ1) is 8.93. The summed E-state index contributed by atoms with van der Waals surface area (Å²) in [6, 6.07) is 29.6. The fourth-order valence-electron chi connectivity index (χ4n) is 2.14. The van der Waals surface area contributed by atoms with Crippen LogP contribution in [0.2, 0.25) is 0 Å². The minimum Gasteiger partial charge on any atom is -0.0622 e. The number of rotatable bonds is 2. The Kier molecular flexibility index (Phi) is 4.20. The summed E-state index contributed by atoms with van der Waals surface area (Å²) in [7, 11) is 0. The molecule has 0 aliphatic heterocycles. The van der Waals surface area contributed by atoms with Crippen LogP contribution in [0.15, 0.2) is 84.9 Å². The Morgan fingerprint density at radius 2 is 0.737 bits per heavy atom. The van der Waals surface area contributed by atoms with E-state index in [1.165, 1.54) is 22.3 Å². The van der Waals surface area contributed by atoms with E-state index < -0.39 is 0 Å². The van der Waals surface area contributed by atoms with Gasteiger partial charge in [-0.2, -0.15) is 0 Å². The first-order valence-electron chi connectivity index (χ1n) is 6.14. The van der Waals surface area contributed by atoms with Crippen LogP contribution in [0.1, 0.15) is 0 Å². The van der Waals surface area contributed by atoms with Crippen LogP contribution in [0.25, 0.3) is 22.3 Å². The zero-order chi connectivity index (χ0) is 12.2. The lowest BCUT2D eigenvalue weighted by Gasteiger charge is -2.05. The lowest BCUT2D eigenvalue weighted by atomic mass is 9.99. The van der Waals surface area contributed by atoms with Crippen molar-refractivity contribution in [1.82, 2.24) is 0 Å². The van der Waals surface area contributed by atoms with E-state index in [-0.39, 0.29) is 8.41 Å². The van der Waals surface area contributed by atoms with Crippen molar-refractivity contribution in [3.8, 4) is 22.3 Å². The molecule has 0 fully saturated rings. The summed E-state index contributed by atoms with van der Waals surface area (Å²) in [6.07, 6.45) is 0. The van der Waals surface area contributed by atoms with E-state index >= 15 is 0 Å². The first kappa shape index (κ1) is 13.2. The van der Waals surface area contributed by atoms with E-state index in [9.17, 15) is 0 Å². The molecule has 0 N–H and O–H groups in total. The highest BCUT2D eigenvalue weighted by atomic mass is 14.0. The SMILES string of the molecule is B.c1ccc(-c2cccc(-c3ccccc3)c2)cc1. The maximum absolute atomic E-state index is 2.24. The molecule has 0 saturated carbocycles. The van der Waals surface area contributed by atoms with E-state index in [0.29, 0.717) is 0 Å². The Morgan fingerprint density at radius 1 is 0.368 bits per heavy atom. The van der Waals surface area contributed by atoms with E-state index in [0.717, 1.165) is 0 Å². The molecule has 3 rings (SSSR count). The summed E-state index contributed by atoms with van der Waals surface area (Å²) in [5, 5.41) is 0. The van der Waals surface area contributed by atoms with E-state index in [1.54, 1.807) is 0 Å². The van der Waals surface area contributed by atoms with Gasteiger partial charge in [0.05, 0.1) is 8.41 Å². The molecule has 0 saturated heterocycles. The summed E-state index contributed by atoms with van der Waals surface area (Å²) in [5.41, 5.74) is 5.04. The lowest BCUT2D eigenvalue weighted by molar-refractivity contribution is 1.59. The van der Waals surface area contributed by atoms with Crippen molar-refractivity contribution < 1.29 is 0 Å². The molecule has 1 heteroatoms. The zero-order valence-electron chi connectivity index (χ0n) is 10.1. The van der Waals surface area contributed by atoms with Crippen LogP contribution in [0.5, 0.6) is 0 Å². The smallest absolute Gasteiger partial charge is 0.0622 e. The average Bonchev–Trinajstić information content (AvgIpc) is 2.49. The van der Waals surface area contributed by atoms with Gasteiger partial charge in [-0.05, 0) is 28.3 Å². The average molecular weight is 244 g/mol. The highest BCUT2D eigenvalue weighted by Crippen LogP contribution is 2.25. The van der Waals surface area contributed by atoms with E-state index in [1.807, 2.05) is 12.1 Å². The molecule has 0 bridgehead atoms. The van der Waals surface area contributed by atoms with Crippen LogP contribution in [-0.4, -0.2) is 8.41 Å². The maximum Gasteiger partial charge on any atom is 0.0814 e. The van der Waals surface area contributed by atoms with Crippen molar-refractivity contribution in [2.75, 3.05) is 0 Å². The summed E-state index contributed by atoms with van der Waals surface area (Å²) < 4.78 is 0. The Hall–Kier alpha value is -2.28. The monoisotopic (exact) mass is 244 g/mol. The number of hydrogen-bond acceptors (Lipinski definition) is 0. The van der Waals surface area contributed by atoms with Gasteiger partial charge in [-0.3, -0.25) is 0 Å². The minimum absolute atomic E-state index is 0. The molecule has 0 heterocycles. The Balaban J connectivity index is 0.00000133. The molecular weight excluding hydrogens is 227 g/mol. The van der Waals surface area contributed by atoms with Crippen LogP contribution in [0.4, 0.5) is 0 Å². The molecule has 0 amide bonds. The van der Waals surface area contributed by atoms with Crippen molar-refractivity contribution in [3.63, 3.8) is 0 Å². The molecular formula is C18H17B. The molecule has 0 aliphatic carbocycles. The molecule has 3 aromatic carbocycles. The van der Waals surface area contributed by atoms with Gasteiger partial charge in [0.15, 0.2) is 0 Å². The van der Waals surface area contributed by atoms with E-state index in [4.69, 9.17) is 0 Å². The summed E-state index contributed by atoms with van der Waals surface area (Å²) in [5.74, 6) is 0. The highest BCUT2D eigenvalue weighted by Gasteiger charge is 2.00. The fraction of sp³-hybridized carbons (Fsp3) is 0. The standard InChI is InChI=1S/C18H14.BH3/c1-3-8-15(9-4-1)17-12-7-13-18(14-17)16-10-5-2-6-11-16;/h1-14H;1H3. The molecule has 0 radical (unpaired) electrons. The molecule has 0 atom stereocenters. The molecule has 3 aromatic rings. The van der Waals surface area contributed by atoms with Crippen LogP contribution in [0.3, 0.4) is 0 Å².